The van der Waals surface area contributed by atoms with Crippen LogP contribution < -0.4 is 0 Å². The van der Waals surface area contributed by atoms with Gasteiger partial charge in [0.25, 0.3) is 0 Å². The van der Waals surface area contributed by atoms with Crippen LogP contribution in [0.3, 0.4) is 0 Å². The van der Waals surface area contributed by atoms with Gasteiger partial charge in [-0.25, -0.2) is 0 Å². The van der Waals surface area contributed by atoms with E-state index >= 15 is 0 Å². The monoisotopic (exact) mass is 250 g/mol. The summed E-state index contributed by atoms with van der Waals surface area (Å²) in [6, 6.07) is 8.73. The summed E-state index contributed by atoms with van der Waals surface area (Å²) >= 11 is 0. The third-order valence-electron chi connectivity index (χ3n) is 3.78. The molecular weight excluding hydrogens is 224 g/mol. The molecule has 0 aliphatic rings. The zero-order valence-corrected chi connectivity index (χ0v) is 13.1. The Balaban J connectivity index is 2.45. The fourth-order valence-electron chi connectivity index (χ4n) is 1.40. The van der Waals surface area contributed by atoms with E-state index in [0.717, 1.165) is 13.0 Å². The van der Waals surface area contributed by atoms with Crippen LogP contribution in [0.4, 0.5) is 0 Å². The summed E-state index contributed by atoms with van der Waals surface area (Å²) in [6.45, 7) is 14.4. The van der Waals surface area contributed by atoms with Crippen molar-refractivity contribution in [2.24, 2.45) is 0 Å². The minimum atomic E-state index is -1.57. The van der Waals surface area contributed by atoms with Gasteiger partial charge in [0.2, 0.25) is 0 Å². The van der Waals surface area contributed by atoms with E-state index < -0.39 is 8.32 Å². The van der Waals surface area contributed by atoms with Crippen molar-refractivity contribution >= 4 is 8.32 Å². The molecule has 0 saturated heterocycles. The second kappa shape index (κ2) is 5.36. The SMILES string of the molecule is Cc1ccc(CCO[Si](C)(C)C(C)(C)C)cc1. The van der Waals surface area contributed by atoms with Gasteiger partial charge in [-0.3, -0.25) is 0 Å². The van der Waals surface area contributed by atoms with E-state index in [9.17, 15) is 0 Å². The molecule has 0 atom stereocenters. The average Bonchev–Trinajstić information content (AvgIpc) is 2.19. The third kappa shape index (κ3) is 4.28. The van der Waals surface area contributed by atoms with Crippen molar-refractivity contribution in [3.8, 4) is 0 Å². The van der Waals surface area contributed by atoms with E-state index in [1.807, 2.05) is 0 Å². The van der Waals surface area contributed by atoms with E-state index in [1.54, 1.807) is 0 Å². The van der Waals surface area contributed by atoms with Crippen LogP contribution in [0.2, 0.25) is 18.1 Å². The number of hydrogen-bond donors (Lipinski definition) is 0. The summed E-state index contributed by atoms with van der Waals surface area (Å²) in [5.74, 6) is 0. The van der Waals surface area contributed by atoms with Crippen molar-refractivity contribution in [2.75, 3.05) is 6.61 Å². The molecule has 17 heavy (non-hydrogen) atoms. The lowest BCUT2D eigenvalue weighted by Crippen LogP contribution is -2.41. The molecule has 0 radical (unpaired) electrons. The summed E-state index contributed by atoms with van der Waals surface area (Å²) in [5, 5.41) is 0.306. The lowest BCUT2D eigenvalue weighted by Gasteiger charge is -2.36. The van der Waals surface area contributed by atoms with Crippen molar-refractivity contribution in [3.63, 3.8) is 0 Å². The Morgan fingerprint density at radius 1 is 1.06 bits per heavy atom. The van der Waals surface area contributed by atoms with Gasteiger partial charge >= 0.3 is 0 Å². The van der Waals surface area contributed by atoms with E-state index in [1.165, 1.54) is 11.1 Å². The zero-order valence-electron chi connectivity index (χ0n) is 12.1. The fourth-order valence-corrected chi connectivity index (χ4v) is 2.44. The smallest absolute Gasteiger partial charge is 0.191 e. The van der Waals surface area contributed by atoms with Crippen molar-refractivity contribution in [1.29, 1.82) is 0 Å². The second-order valence-electron chi connectivity index (χ2n) is 6.34. The third-order valence-corrected chi connectivity index (χ3v) is 8.32. The highest BCUT2D eigenvalue weighted by Crippen LogP contribution is 2.36. The molecule has 0 spiro atoms. The maximum atomic E-state index is 6.17. The summed E-state index contributed by atoms with van der Waals surface area (Å²) in [6.07, 6.45) is 1.02. The van der Waals surface area contributed by atoms with Crippen LogP contribution in [0.5, 0.6) is 0 Å². The van der Waals surface area contributed by atoms with Crippen LogP contribution in [-0.4, -0.2) is 14.9 Å². The van der Waals surface area contributed by atoms with E-state index in [0.29, 0.717) is 5.04 Å². The normalized spacial score (nSPS) is 12.8. The van der Waals surface area contributed by atoms with Gasteiger partial charge in [-0.1, -0.05) is 50.6 Å². The van der Waals surface area contributed by atoms with Crippen molar-refractivity contribution in [1.82, 2.24) is 0 Å². The molecule has 0 saturated carbocycles. The predicted octanol–water partition coefficient (Wildman–Crippen LogP) is 4.56. The van der Waals surface area contributed by atoms with Crippen LogP contribution in [0.1, 0.15) is 31.9 Å². The molecule has 0 fully saturated rings. The van der Waals surface area contributed by atoms with Gasteiger partial charge in [0, 0.05) is 6.61 Å². The topological polar surface area (TPSA) is 9.23 Å². The molecule has 0 aromatic heterocycles. The minimum absolute atomic E-state index is 0.306. The Bertz CT molecular complexity index is 346. The maximum absolute atomic E-state index is 6.17. The lowest BCUT2D eigenvalue weighted by atomic mass is 10.1. The number of rotatable bonds is 4. The van der Waals surface area contributed by atoms with Crippen molar-refractivity contribution < 1.29 is 4.43 Å². The van der Waals surface area contributed by atoms with Crippen LogP contribution in [0.15, 0.2) is 24.3 Å². The molecule has 0 bridgehead atoms. The van der Waals surface area contributed by atoms with Gasteiger partial charge in [-0.05, 0) is 37.0 Å². The summed E-state index contributed by atoms with van der Waals surface area (Å²) in [4.78, 5) is 0. The number of benzene rings is 1. The van der Waals surface area contributed by atoms with Crippen molar-refractivity contribution in [2.45, 2.75) is 52.2 Å². The molecular formula is C15H26OSi. The summed E-state index contributed by atoms with van der Waals surface area (Å²) < 4.78 is 6.17. The molecule has 1 aromatic carbocycles. The van der Waals surface area contributed by atoms with Gasteiger partial charge in [0.05, 0.1) is 0 Å². The van der Waals surface area contributed by atoms with Gasteiger partial charge in [-0.2, -0.15) is 0 Å². The summed E-state index contributed by atoms with van der Waals surface area (Å²) in [7, 11) is -1.57. The van der Waals surface area contributed by atoms with E-state index in [2.05, 4.69) is 65.1 Å². The highest BCUT2D eigenvalue weighted by atomic mass is 28.4. The molecule has 1 aromatic rings. The molecule has 0 aliphatic heterocycles. The lowest BCUT2D eigenvalue weighted by molar-refractivity contribution is 0.292. The van der Waals surface area contributed by atoms with Gasteiger partial charge in [-0.15, -0.1) is 0 Å². The Morgan fingerprint density at radius 3 is 2.06 bits per heavy atom. The Labute approximate surface area is 107 Å². The molecule has 96 valence electrons. The molecule has 0 unspecified atom stereocenters. The Hall–Kier alpha value is -0.603. The van der Waals surface area contributed by atoms with Crippen LogP contribution in [0.25, 0.3) is 0 Å². The highest BCUT2D eigenvalue weighted by Gasteiger charge is 2.36. The number of aryl methyl sites for hydroxylation is 1. The minimum Gasteiger partial charge on any atom is -0.416 e. The van der Waals surface area contributed by atoms with Crippen molar-refractivity contribution in [3.05, 3.63) is 35.4 Å². The zero-order chi connectivity index (χ0) is 13.1. The molecule has 0 N–H and O–H groups in total. The molecule has 0 heterocycles. The molecule has 0 amide bonds. The first-order chi connectivity index (χ1) is 7.72. The molecule has 1 nitrogen and oxygen atoms in total. The van der Waals surface area contributed by atoms with E-state index in [-0.39, 0.29) is 0 Å². The van der Waals surface area contributed by atoms with Crippen LogP contribution in [0, 0.1) is 6.92 Å². The Kier molecular flexibility index (Phi) is 4.56. The largest absolute Gasteiger partial charge is 0.416 e. The second-order valence-corrected chi connectivity index (χ2v) is 11.2. The quantitative estimate of drug-likeness (QED) is 0.712. The van der Waals surface area contributed by atoms with Gasteiger partial charge in [0.15, 0.2) is 8.32 Å². The number of hydrogen-bond acceptors (Lipinski definition) is 1. The molecule has 2 heteroatoms. The molecule has 0 aliphatic carbocycles. The first-order valence-electron chi connectivity index (χ1n) is 6.42. The maximum Gasteiger partial charge on any atom is 0.191 e. The highest BCUT2D eigenvalue weighted by molar-refractivity contribution is 6.74. The van der Waals surface area contributed by atoms with Crippen LogP contribution >= 0.6 is 0 Å². The fraction of sp³-hybridized carbons (Fsp3) is 0.600. The first-order valence-corrected chi connectivity index (χ1v) is 9.33. The van der Waals surface area contributed by atoms with Gasteiger partial charge < -0.3 is 4.43 Å². The Morgan fingerprint density at radius 2 is 1.59 bits per heavy atom. The predicted molar refractivity (Wildman–Crippen MR) is 78.0 cm³/mol. The van der Waals surface area contributed by atoms with E-state index in [4.69, 9.17) is 4.43 Å². The van der Waals surface area contributed by atoms with Gasteiger partial charge in [0.1, 0.15) is 0 Å². The standard InChI is InChI=1S/C15H26OSi/c1-13-7-9-14(10-8-13)11-12-16-17(5,6)15(2,3)4/h7-10H,11-12H2,1-6H3. The molecule has 1 rings (SSSR count). The van der Waals surface area contributed by atoms with Crippen LogP contribution in [-0.2, 0) is 10.8 Å². The average molecular weight is 250 g/mol. The summed E-state index contributed by atoms with van der Waals surface area (Å²) in [5.41, 5.74) is 2.69. The first kappa shape index (κ1) is 14.5.